The number of Topliss-reactive ketones (excluding diaryl/α,β-unsaturated/α-hetero) is 1. The van der Waals surface area contributed by atoms with Gasteiger partial charge in [-0.1, -0.05) is 24.3 Å². The van der Waals surface area contributed by atoms with Crippen molar-refractivity contribution in [3.05, 3.63) is 59.7 Å². The molecule has 0 radical (unpaired) electrons. The topological polar surface area (TPSA) is 66.5 Å². The van der Waals surface area contributed by atoms with Gasteiger partial charge in [-0.3, -0.25) is 9.52 Å². The van der Waals surface area contributed by atoms with E-state index in [0.717, 1.165) is 25.2 Å². The minimum Gasteiger partial charge on any atom is -0.306 e. The molecular weight excluding hydrogens is 405 g/mol. The molecule has 1 saturated heterocycles. The van der Waals surface area contributed by atoms with Crippen LogP contribution in [0.4, 0.5) is 18.9 Å². The van der Waals surface area contributed by atoms with Gasteiger partial charge in [0.2, 0.25) is 0 Å². The lowest BCUT2D eigenvalue weighted by Crippen LogP contribution is -2.33. The third-order valence-corrected chi connectivity index (χ3v) is 6.41. The normalized spacial score (nSPS) is 16.6. The van der Waals surface area contributed by atoms with Crippen molar-refractivity contribution >= 4 is 21.5 Å². The van der Waals surface area contributed by atoms with E-state index >= 15 is 0 Å². The van der Waals surface area contributed by atoms with Gasteiger partial charge in [0.15, 0.2) is 5.78 Å². The van der Waals surface area contributed by atoms with Crippen LogP contribution in [-0.4, -0.2) is 39.2 Å². The molecule has 156 valence electrons. The van der Waals surface area contributed by atoms with Crippen LogP contribution in [0, 0.1) is 5.92 Å². The summed E-state index contributed by atoms with van der Waals surface area (Å²) in [7, 11) is -2.51. The number of benzene rings is 2. The summed E-state index contributed by atoms with van der Waals surface area (Å²) in [5, 5.41) is 0. The Bertz CT molecular complexity index is 998. The lowest BCUT2D eigenvalue weighted by atomic mass is 9.89. The average molecular weight is 426 g/mol. The average Bonchev–Trinajstić information content (AvgIpc) is 2.67. The molecule has 0 aliphatic carbocycles. The van der Waals surface area contributed by atoms with Crippen molar-refractivity contribution in [3.63, 3.8) is 0 Å². The maximum absolute atomic E-state index is 13.2. The highest BCUT2D eigenvalue weighted by atomic mass is 32.2. The molecule has 2 aromatic carbocycles. The van der Waals surface area contributed by atoms with Crippen molar-refractivity contribution in [1.29, 1.82) is 0 Å². The molecule has 0 amide bonds. The first-order valence-corrected chi connectivity index (χ1v) is 10.6. The van der Waals surface area contributed by atoms with Crippen molar-refractivity contribution in [1.82, 2.24) is 4.90 Å². The van der Waals surface area contributed by atoms with Gasteiger partial charge in [-0.15, -0.1) is 0 Å². The fourth-order valence-corrected chi connectivity index (χ4v) is 4.67. The van der Waals surface area contributed by atoms with Gasteiger partial charge in [-0.2, -0.15) is 13.2 Å². The number of alkyl halides is 3. The number of likely N-dealkylation sites (tertiary alicyclic amines) is 1. The summed E-state index contributed by atoms with van der Waals surface area (Å²) in [5.41, 5.74) is -0.865. The molecule has 0 aromatic heterocycles. The van der Waals surface area contributed by atoms with Crippen molar-refractivity contribution in [2.45, 2.75) is 23.9 Å². The molecule has 0 unspecified atom stereocenters. The molecule has 9 heteroatoms. The first kappa shape index (κ1) is 21.3. The maximum Gasteiger partial charge on any atom is 0.417 e. The molecule has 29 heavy (non-hydrogen) atoms. The van der Waals surface area contributed by atoms with E-state index < -0.39 is 26.7 Å². The first-order chi connectivity index (χ1) is 13.6. The molecular formula is C20H21F3N2O3S. The SMILES string of the molecule is CN1CCC(C(=O)c2cccc(NS(=O)(=O)c3ccccc3C(F)(F)F)c2)CC1. The number of halogens is 3. The van der Waals surface area contributed by atoms with Crippen LogP contribution in [-0.2, 0) is 16.2 Å². The number of hydrogen-bond acceptors (Lipinski definition) is 4. The number of rotatable bonds is 5. The Kier molecular flexibility index (Phi) is 6.00. The van der Waals surface area contributed by atoms with Crippen LogP contribution in [0.5, 0.6) is 0 Å². The van der Waals surface area contributed by atoms with Crippen molar-refractivity contribution in [3.8, 4) is 0 Å². The zero-order chi connectivity index (χ0) is 21.2. The van der Waals surface area contributed by atoms with Crippen LogP contribution in [0.25, 0.3) is 0 Å². The quantitative estimate of drug-likeness (QED) is 0.733. The molecule has 0 atom stereocenters. The summed E-state index contributed by atoms with van der Waals surface area (Å²) in [6.45, 7) is 1.61. The van der Waals surface area contributed by atoms with Crippen molar-refractivity contribution in [2.75, 3.05) is 24.9 Å². The highest BCUT2D eigenvalue weighted by Gasteiger charge is 2.37. The minimum atomic E-state index is -4.81. The number of hydrogen-bond donors (Lipinski definition) is 1. The van der Waals surface area contributed by atoms with Crippen LogP contribution < -0.4 is 4.72 Å². The Morgan fingerprint density at radius 3 is 2.38 bits per heavy atom. The number of sulfonamides is 1. The predicted molar refractivity (Wildman–Crippen MR) is 103 cm³/mol. The Labute approximate surface area is 167 Å². The summed E-state index contributed by atoms with van der Waals surface area (Å²) < 4.78 is 66.9. The number of piperidine rings is 1. The standard InChI is InChI=1S/C20H21F3N2O3S/c1-25-11-9-14(10-12-25)19(26)15-5-4-6-16(13-15)24-29(27,28)18-8-3-2-7-17(18)20(21,22)23/h2-8,13-14,24H,9-12H2,1H3. The monoisotopic (exact) mass is 426 g/mol. The van der Waals surface area contributed by atoms with Crippen LogP contribution in [0.15, 0.2) is 53.4 Å². The smallest absolute Gasteiger partial charge is 0.306 e. The van der Waals surface area contributed by atoms with Gasteiger partial charge in [-0.05, 0) is 57.2 Å². The number of nitrogens with one attached hydrogen (secondary N) is 1. The molecule has 1 aliphatic heterocycles. The number of carbonyl (C=O) groups excluding carboxylic acids is 1. The number of carbonyl (C=O) groups is 1. The molecule has 2 aromatic rings. The number of nitrogens with zero attached hydrogens (tertiary/aromatic N) is 1. The van der Waals surface area contributed by atoms with E-state index in [-0.39, 0.29) is 17.4 Å². The fraction of sp³-hybridized carbons (Fsp3) is 0.350. The molecule has 1 aliphatic rings. The first-order valence-electron chi connectivity index (χ1n) is 9.10. The van der Waals surface area contributed by atoms with Gasteiger partial charge >= 0.3 is 6.18 Å². The summed E-state index contributed by atoms with van der Waals surface area (Å²) >= 11 is 0. The summed E-state index contributed by atoms with van der Waals surface area (Å²) in [4.78, 5) is 14.0. The fourth-order valence-electron chi connectivity index (χ4n) is 3.39. The Hall–Kier alpha value is -2.39. The molecule has 1 N–H and O–H groups in total. The molecule has 5 nitrogen and oxygen atoms in total. The van der Waals surface area contributed by atoms with Crippen LogP contribution >= 0.6 is 0 Å². The van der Waals surface area contributed by atoms with E-state index in [0.29, 0.717) is 24.5 Å². The third-order valence-electron chi connectivity index (χ3n) is 4.97. The highest BCUT2D eigenvalue weighted by Crippen LogP contribution is 2.34. The largest absolute Gasteiger partial charge is 0.417 e. The minimum absolute atomic E-state index is 0.0424. The zero-order valence-electron chi connectivity index (χ0n) is 15.7. The number of anilines is 1. The van der Waals surface area contributed by atoms with Crippen LogP contribution in [0.1, 0.15) is 28.8 Å². The van der Waals surface area contributed by atoms with E-state index in [1.54, 1.807) is 6.07 Å². The van der Waals surface area contributed by atoms with E-state index in [1.165, 1.54) is 24.3 Å². The highest BCUT2D eigenvalue weighted by molar-refractivity contribution is 7.92. The van der Waals surface area contributed by atoms with E-state index in [1.807, 2.05) is 7.05 Å². The van der Waals surface area contributed by atoms with Crippen molar-refractivity contribution in [2.24, 2.45) is 5.92 Å². The second-order valence-electron chi connectivity index (χ2n) is 7.12. The van der Waals surface area contributed by atoms with Gasteiger partial charge < -0.3 is 4.90 Å². The number of ketones is 1. The van der Waals surface area contributed by atoms with Gasteiger partial charge in [0.05, 0.1) is 10.5 Å². The van der Waals surface area contributed by atoms with Crippen LogP contribution in [0.3, 0.4) is 0 Å². The summed E-state index contributed by atoms with van der Waals surface area (Å²) in [5.74, 6) is -0.237. The zero-order valence-corrected chi connectivity index (χ0v) is 16.6. The molecule has 0 bridgehead atoms. The summed E-state index contributed by atoms with van der Waals surface area (Å²) in [6, 6.07) is 9.84. The molecule has 1 heterocycles. The molecule has 0 spiro atoms. The second kappa shape index (κ2) is 8.16. The van der Waals surface area contributed by atoms with Crippen LogP contribution in [0.2, 0.25) is 0 Å². The molecule has 0 saturated carbocycles. The van der Waals surface area contributed by atoms with Gasteiger partial charge in [-0.25, -0.2) is 8.42 Å². The van der Waals surface area contributed by atoms with Gasteiger partial charge in [0.25, 0.3) is 10.0 Å². The van der Waals surface area contributed by atoms with E-state index in [9.17, 15) is 26.4 Å². The van der Waals surface area contributed by atoms with E-state index in [2.05, 4.69) is 9.62 Å². The van der Waals surface area contributed by atoms with E-state index in [4.69, 9.17) is 0 Å². The lowest BCUT2D eigenvalue weighted by molar-refractivity contribution is -0.139. The van der Waals surface area contributed by atoms with Gasteiger partial charge in [0, 0.05) is 17.2 Å². The maximum atomic E-state index is 13.2. The summed E-state index contributed by atoms with van der Waals surface area (Å²) in [6.07, 6.45) is -3.38. The lowest BCUT2D eigenvalue weighted by Gasteiger charge is -2.28. The van der Waals surface area contributed by atoms with Gasteiger partial charge in [0.1, 0.15) is 0 Å². The Balaban J connectivity index is 1.84. The predicted octanol–water partition coefficient (Wildman–Crippen LogP) is 4.03. The molecule has 1 fully saturated rings. The Morgan fingerprint density at radius 1 is 1.07 bits per heavy atom. The third kappa shape index (κ3) is 4.97. The Morgan fingerprint density at radius 2 is 1.72 bits per heavy atom. The molecule has 3 rings (SSSR count). The second-order valence-corrected chi connectivity index (χ2v) is 8.77. The van der Waals surface area contributed by atoms with Crippen molar-refractivity contribution < 1.29 is 26.4 Å².